The number of para-hydroxylation sites is 2. The molecular formula is C19H13N3O. The Morgan fingerprint density at radius 3 is 2.04 bits per heavy atom. The van der Waals surface area contributed by atoms with Crippen LogP contribution < -0.4 is 0 Å². The summed E-state index contributed by atoms with van der Waals surface area (Å²) in [7, 11) is 0. The summed E-state index contributed by atoms with van der Waals surface area (Å²) in [5.41, 5.74) is 4.18. The van der Waals surface area contributed by atoms with Crippen LogP contribution in [0.2, 0.25) is 0 Å². The molecule has 0 N–H and O–H groups in total. The SMILES string of the molecule is c1ccc(N=Nc2ccc(-c3nc4ccccc4o3)cc2)cc1. The summed E-state index contributed by atoms with van der Waals surface area (Å²) >= 11 is 0. The van der Waals surface area contributed by atoms with Crippen molar-refractivity contribution in [1.29, 1.82) is 0 Å². The molecule has 3 aromatic carbocycles. The Bertz CT molecular complexity index is 924. The minimum atomic E-state index is 0.609. The zero-order valence-electron chi connectivity index (χ0n) is 12.3. The summed E-state index contributed by atoms with van der Waals surface area (Å²) in [5, 5.41) is 8.43. The van der Waals surface area contributed by atoms with Gasteiger partial charge in [-0.25, -0.2) is 4.98 Å². The van der Waals surface area contributed by atoms with E-state index in [0.29, 0.717) is 5.89 Å². The molecule has 4 heteroatoms. The smallest absolute Gasteiger partial charge is 0.227 e. The van der Waals surface area contributed by atoms with E-state index in [4.69, 9.17) is 4.42 Å². The predicted molar refractivity (Wildman–Crippen MR) is 90.1 cm³/mol. The van der Waals surface area contributed by atoms with E-state index in [2.05, 4.69) is 15.2 Å². The number of oxazole rings is 1. The molecule has 0 amide bonds. The zero-order valence-corrected chi connectivity index (χ0v) is 12.3. The Morgan fingerprint density at radius 1 is 0.652 bits per heavy atom. The normalized spacial score (nSPS) is 11.3. The van der Waals surface area contributed by atoms with Gasteiger partial charge < -0.3 is 4.42 Å². The highest BCUT2D eigenvalue weighted by Crippen LogP contribution is 2.26. The van der Waals surface area contributed by atoms with Gasteiger partial charge in [0.15, 0.2) is 5.58 Å². The number of benzene rings is 3. The molecule has 0 bridgehead atoms. The maximum atomic E-state index is 5.76. The van der Waals surface area contributed by atoms with Crippen LogP contribution in [0.25, 0.3) is 22.6 Å². The van der Waals surface area contributed by atoms with Crippen LogP contribution in [-0.2, 0) is 0 Å². The van der Waals surface area contributed by atoms with Crippen molar-refractivity contribution in [1.82, 2.24) is 4.98 Å². The molecule has 0 aliphatic carbocycles. The van der Waals surface area contributed by atoms with Crippen molar-refractivity contribution in [3.8, 4) is 11.5 Å². The number of hydrogen-bond acceptors (Lipinski definition) is 4. The molecule has 4 nitrogen and oxygen atoms in total. The highest BCUT2D eigenvalue weighted by Gasteiger charge is 2.07. The molecule has 110 valence electrons. The summed E-state index contributed by atoms with van der Waals surface area (Å²) in [4.78, 5) is 4.49. The standard InChI is InChI=1S/C19H13N3O/c1-2-6-15(7-3-1)21-22-16-12-10-14(11-13-16)19-20-17-8-4-5-9-18(17)23-19/h1-13H. The second-order valence-electron chi connectivity index (χ2n) is 5.07. The number of fused-ring (bicyclic) bond motifs is 1. The summed E-state index contributed by atoms with van der Waals surface area (Å²) in [5.74, 6) is 0.609. The van der Waals surface area contributed by atoms with E-state index in [1.54, 1.807) is 0 Å². The molecule has 0 unspecified atom stereocenters. The van der Waals surface area contributed by atoms with Crippen molar-refractivity contribution in [3.05, 3.63) is 78.9 Å². The first-order valence-electron chi connectivity index (χ1n) is 7.31. The van der Waals surface area contributed by atoms with Crippen LogP contribution in [0.4, 0.5) is 11.4 Å². The Morgan fingerprint density at radius 2 is 1.30 bits per heavy atom. The molecule has 4 aromatic rings. The average molecular weight is 299 g/mol. The highest BCUT2D eigenvalue weighted by atomic mass is 16.3. The van der Waals surface area contributed by atoms with E-state index >= 15 is 0 Å². The van der Waals surface area contributed by atoms with Crippen LogP contribution in [0, 0.1) is 0 Å². The lowest BCUT2D eigenvalue weighted by Crippen LogP contribution is -1.75. The quantitative estimate of drug-likeness (QED) is 0.441. The molecule has 0 saturated heterocycles. The van der Waals surface area contributed by atoms with Crippen molar-refractivity contribution in [3.63, 3.8) is 0 Å². The van der Waals surface area contributed by atoms with E-state index in [1.165, 1.54) is 0 Å². The third-order valence-electron chi connectivity index (χ3n) is 3.45. The number of azo groups is 1. The maximum Gasteiger partial charge on any atom is 0.227 e. The Kier molecular flexibility index (Phi) is 3.41. The van der Waals surface area contributed by atoms with E-state index in [0.717, 1.165) is 28.0 Å². The summed E-state index contributed by atoms with van der Waals surface area (Å²) in [6.45, 7) is 0. The monoisotopic (exact) mass is 299 g/mol. The van der Waals surface area contributed by atoms with E-state index < -0.39 is 0 Å². The molecule has 0 aliphatic heterocycles. The van der Waals surface area contributed by atoms with Gasteiger partial charge in [-0.3, -0.25) is 0 Å². The molecule has 0 atom stereocenters. The lowest BCUT2D eigenvalue weighted by Gasteiger charge is -1.96. The number of rotatable bonds is 3. The van der Waals surface area contributed by atoms with Gasteiger partial charge in [-0.2, -0.15) is 10.2 Å². The second kappa shape index (κ2) is 5.85. The molecule has 0 radical (unpaired) electrons. The van der Waals surface area contributed by atoms with Gasteiger partial charge in [0.25, 0.3) is 0 Å². The summed E-state index contributed by atoms with van der Waals surface area (Å²) < 4.78 is 5.76. The van der Waals surface area contributed by atoms with Gasteiger partial charge in [-0.05, 0) is 48.5 Å². The van der Waals surface area contributed by atoms with E-state index in [1.807, 2.05) is 78.9 Å². The lowest BCUT2D eigenvalue weighted by molar-refractivity contribution is 0.620. The average Bonchev–Trinajstić information content (AvgIpc) is 3.05. The Balaban J connectivity index is 1.59. The number of hydrogen-bond donors (Lipinski definition) is 0. The molecule has 4 rings (SSSR count). The first-order valence-corrected chi connectivity index (χ1v) is 7.31. The lowest BCUT2D eigenvalue weighted by atomic mass is 10.2. The molecule has 0 spiro atoms. The van der Waals surface area contributed by atoms with Crippen LogP contribution in [0.3, 0.4) is 0 Å². The molecule has 23 heavy (non-hydrogen) atoms. The second-order valence-corrected chi connectivity index (χ2v) is 5.07. The van der Waals surface area contributed by atoms with Crippen molar-refractivity contribution in [2.45, 2.75) is 0 Å². The summed E-state index contributed by atoms with van der Waals surface area (Å²) in [6.07, 6.45) is 0. The molecule has 0 saturated carbocycles. The van der Waals surface area contributed by atoms with Gasteiger partial charge in [0, 0.05) is 5.56 Å². The van der Waals surface area contributed by atoms with Crippen LogP contribution in [0.1, 0.15) is 0 Å². The minimum absolute atomic E-state index is 0.609. The molecule has 1 heterocycles. The predicted octanol–water partition coefficient (Wildman–Crippen LogP) is 5.91. The van der Waals surface area contributed by atoms with Crippen LogP contribution in [-0.4, -0.2) is 4.98 Å². The minimum Gasteiger partial charge on any atom is -0.436 e. The first kappa shape index (κ1) is 13.4. The fraction of sp³-hybridized carbons (Fsp3) is 0. The van der Waals surface area contributed by atoms with Crippen molar-refractivity contribution in [2.24, 2.45) is 10.2 Å². The molecule has 0 aliphatic rings. The van der Waals surface area contributed by atoms with Crippen LogP contribution in [0.5, 0.6) is 0 Å². The maximum absolute atomic E-state index is 5.76. The Labute approximate surface area is 133 Å². The van der Waals surface area contributed by atoms with E-state index in [-0.39, 0.29) is 0 Å². The van der Waals surface area contributed by atoms with Crippen molar-refractivity contribution >= 4 is 22.5 Å². The first-order chi connectivity index (χ1) is 11.4. The van der Waals surface area contributed by atoms with E-state index in [9.17, 15) is 0 Å². The number of nitrogens with zero attached hydrogens (tertiary/aromatic N) is 3. The van der Waals surface area contributed by atoms with Crippen molar-refractivity contribution in [2.75, 3.05) is 0 Å². The Hall–Kier alpha value is -3.27. The van der Waals surface area contributed by atoms with Crippen molar-refractivity contribution < 1.29 is 4.42 Å². The zero-order chi connectivity index (χ0) is 15.5. The van der Waals surface area contributed by atoms with Gasteiger partial charge in [0.05, 0.1) is 11.4 Å². The van der Waals surface area contributed by atoms with Crippen LogP contribution >= 0.6 is 0 Å². The molecule has 1 aromatic heterocycles. The third-order valence-corrected chi connectivity index (χ3v) is 3.45. The van der Waals surface area contributed by atoms with Gasteiger partial charge in [-0.1, -0.05) is 30.3 Å². The van der Waals surface area contributed by atoms with Gasteiger partial charge >= 0.3 is 0 Å². The fourth-order valence-corrected chi connectivity index (χ4v) is 2.28. The van der Waals surface area contributed by atoms with Gasteiger partial charge in [-0.15, -0.1) is 0 Å². The summed E-state index contributed by atoms with van der Waals surface area (Å²) in [6, 6.07) is 25.0. The third kappa shape index (κ3) is 2.87. The largest absolute Gasteiger partial charge is 0.436 e. The van der Waals surface area contributed by atoms with Crippen LogP contribution in [0.15, 0.2) is 93.5 Å². The fourth-order valence-electron chi connectivity index (χ4n) is 2.28. The molecular weight excluding hydrogens is 286 g/mol. The molecule has 0 fully saturated rings. The highest BCUT2D eigenvalue weighted by molar-refractivity contribution is 5.76. The van der Waals surface area contributed by atoms with Gasteiger partial charge in [0.1, 0.15) is 5.52 Å². The topological polar surface area (TPSA) is 50.8 Å². The number of aromatic nitrogens is 1. The van der Waals surface area contributed by atoms with Gasteiger partial charge in [0.2, 0.25) is 5.89 Å².